The zero-order chi connectivity index (χ0) is 18.8. The predicted molar refractivity (Wildman–Crippen MR) is 105 cm³/mol. The molecule has 0 radical (unpaired) electrons. The van der Waals surface area contributed by atoms with Gasteiger partial charge in [0, 0.05) is 16.6 Å². The summed E-state index contributed by atoms with van der Waals surface area (Å²) >= 11 is 0. The van der Waals surface area contributed by atoms with Crippen LogP contribution in [-0.4, -0.2) is 27.4 Å². The normalized spacial score (nSPS) is 12.8. The molecule has 2 aromatic heterocycles. The van der Waals surface area contributed by atoms with Gasteiger partial charge in [0.05, 0.1) is 17.7 Å². The first-order chi connectivity index (χ1) is 13.1. The quantitative estimate of drug-likeness (QED) is 0.446. The maximum absolute atomic E-state index is 12.2. The Morgan fingerprint density at radius 1 is 1.07 bits per heavy atom. The average molecular weight is 361 g/mol. The van der Waals surface area contributed by atoms with Gasteiger partial charge in [-0.2, -0.15) is 0 Å². The molecule has 0 spiro atoms. The van der Waals surface area contributed by atoms with Crippen molar-refractivity contribution in [3.63, 3.8) is 0 Å². The number of phenolic OH excluding ortho intramolecular Hbond substituents is 1. The predicted octanol–water partition coefficient (Wildman–Crippen LogP) is 1.75. The van der Waals surface area contributed by atoms with E-state index in [0.29, 0.717) is 11.6 Å². The Morgan fingerprint density at radius 3 is 2.67 bits per heavy atom. The fourth-order valence-electron chi connectivity index (χ4n) is 3.03. The van der Waals surface area contributed by atoms with Crippen LogP contribution in [0, 0.1) is 0 Å². The van der Waals surface area contributed by atoms with Crippen molar-refractivity contribution in [1.82, 2.24) is 15.2 Å². The van der Waals surface area contributed by atoms with Crippen molar-refractivity contribution in [1.29, 1.82) is 0 Å². The summed E-state index contributed by atoms with van der Waals surface area (Å²) in [5.74, 6) is 1.02. The summed E-state index contributed by atoms with van der Waals surface area (Å²) in [7, 11) is 1.64. The summed E-state index contributed by atoms with van der Waals surface area (Å²) in [6.45, 7) is 0. The summed E-state index contributed by atoms with van der Waals surface area (Å²) in [4.78, 5) is 15.5. The van der Waals surface area contributed by atoms with Crippen molar-refractivity contribution in [3.8, 4) is 11.5 Å². The van der Waals surface area contributed by atoms with E-state index in [0.717, 1.165) is 33.3 Å². The molecule has 4 rings (SSSR count). The fraction of sp³-hybridized carbons (Fsp3) is 0.0952. The lowest BCUT2D eigenvalue weighted by Crippen LogP contribution is -2.33. The highest BCUT2D eigenvalue weighted by Crippen LogP contribution is 2.21. The van der Waals surface area contributed by atoms with Gasteiger partial charge in [-0.15, -0.1) is 0 Å². The standard InChI is InChI=1S/C21H19N3O3/c1-27-17-7-9-19-14(11-17)10-15(22-19)12-18-20(23-24-21(18)26)8-4-13-2-5-16(25)6-3-13/h2-3,5-12,22-23,25H,4H2,1H3,(H,24,26). The number of ether oxygens (including phenoxy) is 1. The number of hydrogen-bond acceptors (Lipinski definition) is 3. The average Bonchev–Trinajstić information content (AvgIpc) is 3.24. The third-order valence-corrected chi connectivity index (χ3v) is 4.47. The van der Waals surface area contributed by atoms with E-state index in [-0.39, 0.29) is 11.3 Å². The molecule has 6 heteroatoms. The number of hydrogen-bond donors (Lipinski definition) is 4. The smallest absolute Gasteiger partial charge is 0.271 e. The number of methoxy groups -OCH3 is 1. The maximum Gasteiger partial charge on any atom is 0.271 e. The van der Waals surface area contributed by atoms with Gasteiger partial charge in [0.15, 0.2) is 0 Å². The summed E-state index contributed by atoms with van der Waals surface area (Å²) in [5.41, 5.74) is 2.67. The second-order valence-corrected chi connectivity index (χ2v) is 6.30. The van der Waals surface area contributed by atoms with Gasteiger partial charge in [-0.25, -0.2) is 0 Å². The first-order valence-corrected chi connectivity index (χ1v) is 8.55. The molecule has 0 fully saturated rings. The van der Waals surface area contributed by atoms with Gasteiger partial charge >= 0.3 is 0 Å². The van der Waals surface area contributed by atoms with Crippen molar-refractivity contribution < 1.29 is 9.84 Å². The SMILES string of the molecule is COc1ccc2[nH]c(C=c3c(=O)[nH][nH]c3=CCc3ccc(O)cc3)cc2c1. The van der Waals surface area contributed by atoms with E-state index in [1.807, 2.05) is 48.6 Å². The molecular formula is C21H19N3O3. The van der Waals surface area contributed by atoms with E-state index >= 15 is 0 Å². The highest BCUT2D eigenvalue weighted by Gasteiger charge is 2.02. The Morgan fingerprint density at radius 2 is 1.89 bits per heavy atom. The van der Waals surface area contributed by atoms with Gasteiger partial charge in [0.1, 0.15) is 11.5 Å². The lowest BCUT2D eigenvalue weighted by Gasteiger charge is -1.97. The fourth-order valence-corrected chi connectivity index (χ4v) is 3.03. The van der Waals surface area contributed by atoms with Gasteiger partial charge in [0.2, 0.25) is 0 Å². The van der Waals surface area contributed by atoms with Crippen LogP contribution in [0.2, 0.25) is 0 Å². The summed E-state index contributed by atoms with van der Waals surface area (Å²) in [6.07, 6.45) is 4.41. The molecule has 4 aromatic rings. The highest BCUT2D eigenvalue weighted by molar-refractivity contribution is 5.83. The molecule has 6 nitrogen and oxygen atoms in total. The summed E-state index contributed by atoms with van der Waals surface area (Å²) in [5, 5.41) is 17.2. The Kier molecular flexibility index (Phi) is 4.30. The van der Waals surface area contributed by atoms with Crippen LogP contribution < -0.4 is 20.9 Å². The first kappa shape index (κ1) is 16.8. The maximum atomic E-state index is 12.2. The largest absolute Gasteiger partial charge is 0.508 e. The molecule has 136 valence electrons. The topological polar surface area (TPSA) is 93.9 Å². The first-order valence-electron chi connectivity index (χ1n) is 8.55. The van der Waals surface area contributed by atoms with E-state index in [2.05, 4.69) is 15.2 Å². The molecule has 0 saturated heterocycles. The molecule has 0 aliphatic heterocycles. The molecule has 0 atom stereocenters. The number of aromatic amines is 3. The van der Waals surface area contributed by atoms with Gasteiger partial charge in [-0.1, -0.05) is 18.2 Å². The van der Waals surface area contributed by atoms with Crippen LogP contribution in [0.3, 0.4) is 0 Å². The minimum atomic E-state index is -0.178. The van der Waals surface area contributed by atoms with Crippen LogP contribution >= 0.6 is 0 Å². The number of fused-ring (bicyclic) bond motifs is 1. The van der Waals surface area contributed by atoms with Crippen molar-refractivity contribution >= 4 is 23.1 Å². The molecule has 0 bridgehead atoms. The van der Waals surface area contributed by atoms with Crippen molar-refractivity contribution in [2.24, 2.45) is 0 Å². The van der Waals surface area contributed by atoms with E-state index in [4.69, 9.17) is 4.74 Å². The Balaban J connectivity index is 1.73. The van der Waals surface area contributed by atoms with Crippen LogP contribution in [-0.2, 0) is 6.42 Å². The Bertz CT molecular complexity index is 1260. The summed E-state index contributed by atoms with van der Waals surface area (Å²) in [6, 6.07) is 14.8. The molecule has 2 aromatic carbocycles. The van der Waals surface area contributed by atoms with Gasteiger partial charge in [-0.05, 0) is 54.5 Å². The van der Waals surface area contributed by atoms with Gasteiger partial charge in [0.25, 0.3) is 5.56 Å². The number of rotatable bonds is 4. The third-order valence-electron chi connectivity index (χ3n) is 4.47. The lowest BCUT2D eigenvalue weighted by atomic mass is 10.1. The van der Waals surface area contributed by atoms with Gasteiger partial charge in [-0.3, -0.25) is 15.0 Å². The zero-order valence-corrected chi connectivity index (χ0v) is 14.7. The van der Waals surface area contributed by atoms with Crippen LogP contribution in [0.15, 0.2) is 53.3 Å². The molecule has 0 amide bonds. The van der Waals surface area contributed by atoms with Crippen LogP contribution in [0.4, 0.5) is 0 Å². The molecule has 27 heavy (non-hydrogen) atoms. The van der Waals surface area contributed by atoms with Crippen molar-refractivity contribution in [2.75, 3.05) is 7.11 Å². The number of aromatic hydroxyl groups is 1. The molecule has 0 saturated carbocycles. The highest BCUT2D eigenvalue weighted by atomic mass is 16.5. The van der Waals surface area contributed by atoms with E-state index in [9.17, 15) is 9.90 Å². The van der Waals surface area contributed by atoms with E-state index < -0.39 is 0 Å². The molecule has 0 aliphatic rings. The minimum Gasteiger partial charge on any atom is -0.508 e. The monoisotopic (exact) mass is 361 g/mol. The number of aromatic nitrogens is 3. The third kappa shape index (κ3) is 3.50. The minimum absolute atomic E-state index is 0.178. The molecule has 2 heterocycles. The van der Waals surface area contributed by atoms with E-state index in [1.54, 1.807) is 19.2 Å². The number of nitrogens with one attached hydrogen (secondary N) is 3. The van der Waals surface area contributed by atoms with Crippen molar-refractivity contribution in [2.45, 2.75) is 6.42 Å². The van der Waals surface area contributed by atoms with Crippen molar-refractivity contribution in [3.05, 3.63) is 80.7 Å². The second-order valence-electron chi connectivity index (χ2n) is 6.30. The number of H-pyrrole nitrogens is 3. The molecule has 0 aliphatic carbocycles. The summed E-state index contributed by atoms with van der Waals surface area (Å²) < 4.78 is 5.25. The van der Waals surface area contributed by atoms with Crippen LogP contribution in [0.1, 0.15) is 11.3 Å². The molecule has 4 N–H and O–H groups in total. The lowest BCUT2D eigenvalue weighted by molar-refractivity contribution is 0.415. The Labute approximate surface area is 154 Å². The zero-order valence-electron chi connectivity index (χ0n) is 14.7. The number of phenols is 1. The Hall–Kier alpha value is -3.67. The van der Waals surface area contributed by atoms with Crippen LogP contribution in [0.25, 0.3) is 23.1 Å². The molecule has 0 unspecified atom stereocenters. The van der Waals surface area contributed by atoms with Crippen LogP contribution in [0.5, 0.6) is 11.5 Å². The number of benzene rings is 2. The second kappa shape index (κ2) is 6.92. The van der Waals surface area contributed by atoms with Gasteiger partial charge < -0.3 is 14.8 Å². The van der Waals surface area contributed by atoms with E-state index in [1.165, 1.54) is 0 Å². The molecular weight excluding hydrogens is 342 g/mol.